The highest BCUT2D eigenvalue weighted by molar-refractivity contribution is 4.94. The molecule has 0 saturated carbocycles. The maximum absolute atomic E-state index is 5.38. The molecule has 13 heavy (non-hydrogen) atoms. The van der Waals surface area contributed by atoms with Crippen molar-refractivity contribution in [3.05, 3.63) is 17.8 Å². The molecule has 0 aliphatic rings. The molecule has 4 heteroatoms. The summed E-state index contributed by atoms with van der Waals surface area (Å²) in [6.07, 6.45) is 2.71. The summed E-state index contributed by atoms with van der Waals surface area (Å²) in [7, 11) is 0. The van der Waals surface area contributed by atoms with Crippen molar-refractivity contribution < 1.29 is 4.42 Å². The minimum Gasteiger partial charge on any atom is -0.444 e. The second-order valence-corrected chi connectivity index (χ2v) is 3.13. The quantitative estimate of drug-likeness (QED) is 0.668. The van der Waals surface area contributed by atoms with E-state index in [9.17, 15) is 0 Å². The molecule has 1 unspecified atom stereocenters. The van der Waals surface area contributed by atoms with E-state index in [1.165, 1.54) is 0 Å². The summed E-state index contributed by atoms with van der Waals surface area (Å²) in [5.41, 5.74) is 5.38. The Morgan fingerprint density at radius 3 is 3.00 bits per heavy atom. The van der Waals surface area contributed by atoms with Gasteiger partial charge in [-0.3, -0.25) is 0 Å². The first kappa shape index (κ1) is 10.2. The SMILES string of the molecule is Cc1cnc(C(C)NCCCN)o1. The Morgan fingerprint density at radius 2 is 2.46 bits per heavy atom. The summed E-state index contributed by atoms with van der Waals surface area (Å²) in [6.45, 7) is 5.54. The van der Waals surface area contributed by atoms with Crippen LogP contribution in [0.25, 0.3) is 0 Å². The summed E-state index contributed by atoms with van der Waals surface area (Å²) in [4.78, 5) is 4.13. The van der Waals surface area contributed by atoms with Crippen molar-refractivity contribution in [3.63, 3.8) is 0 Å². The molecule has 1 rings (SSSR count). The number of hydrogen-bond acceptors (Lipinski definition) is 4. The van der Waals surface area contributed by atoms with E-state index in [1.807, 2.05) is 13.8 Å². The molecular formula is C9H17N3O. The fourth-order valence-electron chi connectivity index (χ4n) is 1.08. The number of oxazole rings is 1. The standard InChI is InChI=1S/C9H17N3O/c1-7-6-12-9(13-7)8(2)11-5-3-4-10/h6,8,11H,3-5,10H2,1-2H3. The summed E-state index contributed by atoms with van der Waals surface area (Å²) in [5, 5.41) is 3.28. The van der Waals surface area contributed by atoms with Gasteiger partial charge in [0.25, 0.3) is 0 Å². The van der Waals surface area contributed by atoms with Gasteiger partial charge in [-0.2, -0.15) is 0 Å². The average molecular weight is 183 g/mol. The third kappa shape index (κ3) is 3.16. The molecule has 0 aliphatic carbocycles. The van der Waals surface area contributed by atoms with Crippen molar-refractivity contribution >= 4 is 0 Å². The molecule has 1 aromatic rings. The van der Waals surface area contributed by atoms with E-state index < -0.39 is 0 Å². The molecule has 0 spiro atoms. The first-order valence-corrected chi connectivity index (χ1v) is 4.60. The molecule has 0 bridgehead atoms. The van der Waals surface area contributed by atoms with Gasteiger partial charge in [-0.1, -0.05) is 0 Å². The largest absolute Gasteiger partial charge is 0.444 e. The van der Waals surface area contributed by atoms with Gasteiger partial charge in [0.2, 0.25) is 5.89 Å². The number of hydrogen-bond donors (Lipinski definition) is 2. The van der Waals surface area contributed by atoms with Crippen LogP contribution in [-0.2, 0) is 0 Å². The second kappa shape index (κ2) is 4.99. The minimum atomic E-state index is 0.167. The molecule has 0 fully saturated rings. The normalized spacial score (nSPS) is 13.2. The highest BCUT2D eigenvalue weighted by atomic mass is 16.4. The monoisotopic (exact) mass is 183 g/mol. The van der Waals surface area contributed by atoms with Gasteiger partial charge in [0.1, 0.15) is 5.76 Å². The van der Waals surface area contributed by atoms with Crippen molar-refractivity contribution in [2.75, 3.05) is 13.1 Å². The van der Waals surface area contributed by atoms with Crippen LogP contribution < -0.4 is 11.1 Å². The van der Waals surface area contributed by atoms with Crippen molar-refractivity contribution in [2.45, 2.75) is 26.3 Å². The zero-order valence-corrected chi connectivity index (χ0v) is 8.21. The van der Waals surface area contributed by atoms with E-state index in [1.54, 1.807) is 6.20 Å². The number of rotatable bonds is 5. The summed E-state index contributed by atoms with van der Waals surface area (Å²) in [6, 6.07) is 0.167. The summed E-state index contributed by atoms with van der Waals surface area (Å²) in [5.74, 6) is 1.59. The first-order valence-electron chi connectivity index (χ1n) is 4.60. The molecular weight excluding hydrogens is 166 g/mol. The third-order valence-electron chi connectivity index (χ3n) is 1.84. The van der Waals surface area contributed by atoms with E-state index in [0.29, 0.717) is 6.54 Å². The van der Waals surface area contributed by atoms with Crippen molar-refractivity contribution in [2.24, 2.45) is 5.73 Å². The molecule has 4 nitrogen and oxygen atoms in total. The molecule has 74 valence electrons. The van der Waals surface area contributed by atoms with Gasteiger partial charge in [0.15, 0.2) is 0 Å². The summed E-state index contributed by atoms with van der Waals surface area (Å²) < 4.78 is 5.37. The minimum absolute atomic E-state index is 0.167. The van der Waals surface area contributed by atoms with Crippen LogP contribution in [-0.4, -0.2) is 18.1 Å². The van der Waals surface area contributed by atoms with Crippen molar-refractivity contribution in [3.8, 4) is 0 Å². The number of nitrogens with one attached hydrogen (secondary N) is 1. The molecule has 1 atom stereocenters. The lowest BCUT2D eigenvalue weighted by Crippen LogP contribution is -2.22. The molecule has 0 aliphatic heterocycles. The van der Waals surface area contributed by atoms with E-state index >= 15 is 0 Å². The zero-order valence-electron chi connectivity index (χ0n) is 8.21. The topological polar surface area (TPSA) is 64.1 Å². The van der Waals surface area contributed by atoms with Gasteiger partial charge >= 0.3 is 0 Å². The maximum atomic E-state index is 5.38. The van der Waals surface area contributed by atoms with Crippen LogP contribution in [0.4, 0.5) is 0 Å². The van der Waals surface area contributed by atoms with E-state index in [0.717, 1.165) is 24.6 Å². The Morgan fingerprint density at radius 1 is 1.69 bits per heavy atom. The Balaban J connectivity index is 2.35. The number of nitrogens with zero attached hydrogens (tertiary/aromatic N) is 1. The van der Waals surface area contributed by atoms with Crippen LogP contribution in [0.3, 0.4) is 0 Å². The molecule has 0 aromatic carbocycles. The van der Waals surface area contributed by atoms with Crippen LogP contribution in [0.2, 0.25) is 0 Å². The Kier molecular flexibility index (Phi) is 3.92. The lowest BCUT2D eigenvalue weighted by Gasteiger charge is -2.08. The van der Waals surface area contributed by atoms with Gasteiger partial charge in [0, 0.05) is 0 Å². The van der Waals surface area contributed by atoms with Crippen molar-refractivity contribution in [1.29, 1.82) is 0 Å². The smallest absolute Gasteiger partial charge is 0.211 e. The zero-order chi connectivity index (χ0) is 9.68. The molecule has 0 radical (unpaired) electrons. The number of nitrogens with two attached hydrogens (primary N) is 1. The molecule has 0 saturated heterocycles. The molecule has 0 amide bonds. The van der Waals surface area contributed by atoms with Crippen LogP contribution in [0.1, 0.15) is 31.0 Å². The van der Waals surface area contributed by atoms with Gasteiger partial charge in [-0.05, 0) is 33.4 Å². The van der Waals surface area contributed by atoms with Crippen LogP contribution in [0.15, 0.2) is 10.6 Å². The Labute approximate surface area is 78.5 Å². The number of aryl methyl sites for hydroxylation is 1. The lowest BCUT2D eigenvalue weighted by atomic mass is 10.3. The molecule has 1 heterocycles. The first-order chi connectivity index (χ1) is 6.24. The predicted octanol–water partition coefficient (Wildman–Crippen LogP) is 0.982. The fourth-order valence-corrected chi connectivity index (χ4v) is 1.08. The molecule has 3 N–H and O–H groups in total. The number of aromatic nitrogens is 1. The fraction of sp³-hybridized carbons (Fsp3) is 0.667. The summed E-state index contributed by atoms with van der Waals surface area (Å²) >= 11 is 0. The van der Waals surface area contributed by atoms with Gasteiger partial charge < -0.3 is 15.5 Å². The van der Waals surface area contributed by atoms with Gasteiger partial charge in [-0.25, -0.2) is 4.98 Å². The second-order valence-electron chi connectivity index (χ2n) is 3.13. The maximum Gasteiger partial charge on any atom is 0.211 e. The Hall–Kier alpha value is -0.870. The van der Waals surface area contributed by atoms with E-state index in [2.05, 4.69) is 10.3 Å². The highest BCUT2D eigenvalue weighted by Gasteiger charge is 2.09. The average Bonchev–Trinajstić information content (AvgIpc) is 2.52. The van der Waals surface area contributed by atoms with Crippen LogP contribution in [0.5, 0.6) is 0 Å². The van der Waals surface area contributed by atoms with Gasteiger partial charge in [-0.15, -0.1) is 0 Å². The van der Waals surface area contributed by atoms with Crippen LogP contribution >= 0.6 is 0 Å². The van der Waals surface area contributed by atoms with E-state index in [4.69, 9.17) is 10.2 Å². The predicted molar refractivity (Wildman–Crippen MR) is 51.3 cm³/mol. The highest BCUT2D eigenvalue weighted by Crippen LogP contribution is 2.11. The van der Waals surface area contributed by atoms with E-state index in [-0.39, 0.29) is 6.04 Å². The van der Waals surface area contributed by atoms with Gasteiger partial charge in [0.05, 0.1) is 12.2 Å². The Bertz CT molecular complexity index is 247. The van der Waals surface area contributed by atoms with Crippen LogP contribution in [0, 0.1) is 6.92 Å². The molecule has 1 aromatic heterocycles. The third-order valence-corrected chi connectivity index (χ3v) is 1.84. The lowest BCUT2D eigenvalue weighted by molar-refractivity contribution is 0.402. The van der Waals surface area contributed by atoms with Crippen molar-refractivity contribution in [1.82, 2.24) is 10.3 Å².